The molecule has 2 aliphatic carbocycles. The molecule has 2 fully saturated rings. The third kappa shape index (κ3) is 27.2. The number of carbonyl (C=O) groups excluding carboxylic acids is 2. The van der Waals surface area contributed by atoms with Crippen LogP contribution in [0, 0.1) is 11.8 Å². The first-order chi connectivity index (χ1) is 36.1. The fourth-order valence-electron chi connectivity index (χ4n) is 11.9. The molecule has 0 heterocycles. The molecule has 0 radical (unpaired) electrons. The molecule has 9 heteroatoms. The predicted octanol–water partition coefficient (Wildman–Crippen LogP) is 17.4. The lowest BCUT2D eigenvalue weighted by molar-refractivity contribution is -0.149. The largest absolute Gasteiger partial charge is 0.461 e. The van der Waals surface area contributed by atoms with Crippen molar-refractivity contribution in [2.45, 2.75) is 276 Å². The summed E-state index contributed by atoms with van der Waals surface area (Å²) < 4.78 is 19.6. The smallest absolute Gasteiger partial charge is 0.306 e. The van der Waals surface area contributed by atoms with E-state index in [4.69, 9.17) is 13.9 Å². The maximum Gasteiger partial charge on any atom is 0.306 e. The molecule has 422 valence electrons. The molecule has 2 aliphatic rings. The fourth-order valence-corrected chi connectivity index (χ4v) is 18.6. The van der Waals surface area contributed by atoms with E-state index in [0.717, 1.165) is 99.4 Å². The molecule has 2 unspecified atom stereocenters. The minimum Gasteiger partial charge on any atom is -0.461 e. The molecule has 4 rings (SSSR count). The van der Waals surface area contributed by atoms with Crippen LogP contribution in [0.25, 0.3) is 0 Å². The van der Waals surface area contributed by atoms with Gasteiger partial charge in [-0.2, -0.15) is 23.5 Å². The lowest BCUT2D eigenvalue weighted by Crippen LogP contribution is -2.66. The third-order valence-corrected chi connectivity index (χ3v) is 23.8. The number of unbranched alkanes of at least 4 members (excludes halogenated alkanes) is 11. The summed E-state index contributed by atoms with van der Waals surface area (Å²) >= 11 is 4.01. The summed E-state index contributed by atoms with van der Waals surface area (Å²) in [5, 5.41) is 6.74. The van der Waals surface area contributed by atoms with E-state index < -0.39 is 8.32 Å². The Morgan fingerprint density at radius 3 is 1.42 bits per heavy atom. The van der Waals surface area contributed by atoms with E-state index in [2.05, 4.69) is 101 Å². The van der Waals surface area contributed by atoms with Crippen LogP contribution < -0.4 is 15.7 Å². The van der Waals surface area contributed by atoms with Crippen molar-refractivity contribution in [3.8, 4) is 0 Å². The van der Waals surface area contributed by atoms with Crippen molar-refractivity contribution >= 4 is 54.2 Å². The predicted molar refractivity (Wildman–Crippen MR) is 325 cm³/mol. The molecule has 6 nitrogen and oxygen atoms in total. The van der Waals surface area contributed by atoms with Crippen LogP contribution in [0.15, 0.2) is 60.7 Å². The Hall–Kier alpha value is -1.78. The minimum atomic E-state index is -2.53. The Balaban J connectivity index is 1.23. The standard InChI is InChI=1S/C65H111NO5S2Si/c1-6-8-10-24-40-59(70-63(67)48-46-56-34-18-12-19-35-56)54-72-52-32-16-22-38-58(66-50-30-31-51-69-74(65(3,4)5,61-42-26-14-27-43-61)62-44-28-15-29-45-62)39-23-17-33-53-73-55-60(41-25-11-9-7-2)71-64(68)49-47-57-36-20-13-21-37-57/h14-15,26-29,42-45,56-60,66H,6-13,16-25,30-41,46-55H2,1-5H3. The lowest BCUT2D eigenvalue weighted by Gasteiger charge is -2.43. The summed E-state index contributed by atoms with van der Waals surface area (Å²) in [6.07, 6.45) is 40.4. The molecule has 0 aliphatic heterocycles. The molecule has 0 bridgehead atoms. The highest BCUT2D eigenvalue weighted by Crippen LogP contribution is 2.37. The number of esters is 2. The number of rotatable bonds is 43. The van der Waals surface area contributed by atoms with Gasteiger partial charge in [0.05, 0.1) is 0 Å². The molecule has 0 amide bonds. The molecule has 74 heavy (non-hydrogen) atoms. The summed E-state index contributed by atoms with van der Waals surface area (Å²) in [6.45, 7) is 13.4. The maximum absolute atomic E-state index is 13.0. The van der Waals surface area contributed by atoms with E-state index in [-0.39, 0.29) is 29.2 Å². The number of hydrogen-bond donors (Lipinski definition) is 1. The van der Waals surface area contributed by atoms with E-state index in [1.165, 1.54) is 164 Å². The van der Waals surface area contributed by atoms with Gasteiger partial charge in [-0.15, -0.1) is 0 Å². The number of benzene rings is 2. The second-order valence-corrected chi connectivity index (χ2v) is 30.3. The quantitative estimate of drug-likeness (QED) is 0.0400. The van der Waals surface area contributed by atoms with Crippen LogP contribution in [-0.4, -0.2) is 74.7 Å². The molecule has 0 spiro atoms. The van der Waals surface area contributed by atoms with E-state index in [0.29, 0.717) is 18.9 Å². The van der Waals surface area contributed by atoms with Gasteiger partial charge >= 0.3 is 11.9 Å². The van der Waals surface area contributed by atoms with Gasteiger partial charge in [0.25, 0.3) is 8.32 Å². The van der Waals surface area contributed by atoms with Gasteiger partial charge in [-0.3, -0.25) is 9.59 Å². The van der Waals surface area contributed by atoms with Gasteiger partial charge in [0.1, 0.15) is 12.2 Å². The number of thioether (sulfide) groups is 2. The number of carbonyl (C=O) groups is 2. The highest BCUT2D eigenvalue weighted by molar-refractivity contribution is 7.99. The van der Waals surface area contributed by atoms with E-state index in [1.807, 2.05) is 23.5 Å². The Labute approximate surface area is 465 Å². The van der Waals surface area contributed by atoms with Crippen molar-refractivity contribution in [3.63, 3.8) is 0 Å². The molecule has 2 aromatic carbocycles. The highest BCUT2D eigenvalue weighted by atomic mass is 32.2. The van der Waals surface area contributed by atoms with Gasteiger partial charge in [0, 0.05) is 37.0 Å². The van der Waals surface area contributed by atoms with E-state index >= 15 is 0 Å². The zero-order valence-corrected chi connectivity index (χ0v) is 50.9. The van der Waals surface area contributed by atoms with E-state index in [9.17, 15) is 9.59 Å². The SMILES string of the molecule is CCCCCCC(CSCCCCCC(CCCCCSCC(CCCCCC)OC(=O)CCC1CCCCC1)NCCCCO[Si](c1ccccc1)(c1ccccc1)C(C)(C)C)OC(=O)CCC1CCCCC1. The maximum atomic E-state index is 13.0. The molecular weight excluding hydrogens is 967 g/mol. The second-order valence-electron chi connectivity index (χ2n) is 23.7. The zero-order chi connectivity index (χ0) is 52.8. The molecule has 2 atom stereocenters. The first-order valence-electron chi connectivity index (χ1n) is 31.2. The zero-order valence-electron chi connectivity index (χ0n) is 48.3. The Morgan fingerprint density at radius 2 is 0.986 bits per heavy atom. The monoisotopic (exact) mass is 1080 g/mol. The normalized spacial score (nSPS) is 16.2. The molecule has 2 aromatic rings. The van der Waals surface area contributed by atoms with Gasteiger partial charge in [-0.1, -0.05) is 224 Å². The van der Waals surface area contributed by atoms with E-state index in [1.54, 1.807) is 0 Å². The summed E-state index contributed by atoms with van der Waals surface area (Å²) in [7, 11) is -2.53. The van der Waals surface area contributed by atoms with Crippen molar-refractivity contribution < 1.29 is 23.5 Å². The fraction of sp³-hybridized carbons (Fsp3) is 0.785. The average molecular weight is 1080 g/mol. The minimum absolute atomic E-state index is 0.0107. The van der Waals surface area contributed by atoms with Crippen molar-refractivity contribution in [1.29, 1.82) is 0 Å². The Kier molecular flexibility index (Phi) is 35.4. The van der Waals surface area contributed by atoms with Crippen LogP contribution >= 0.6 is 23.5 Å². The first kappa shape index (κ1) is 64.7. The van der Waals surface area contributed by atoms with Gasteiger partial charge in [-0.25, -0.2) is 0 Å². The van der Waals surface area contributed by atoms with Crippen molar-refractivity contribution in [2.24, 2.45) is 11.8 Å². The van der Waals surface area contributed by atoms with Gasteiger partial charge in [0.2, 0.25) is 0 Å². The molecular formula is C65H111NO5S2Si. The van der Waals surface area contributed by atoms with Crippen LogP contribution in [0.4, 0.5) is 0 Å². The molecule has 2 saturated carbocycles. The van der Waals surface area contributed by atoms with Crippen molar-refractivity contribution in [2.75, 3.05) is 36.2 Å². The van der Waals surface area contributed by atoms with Crippen LogP contribution in [0.1, 0.15) is 253 Å². The number of nitrogens with one attached hydrogen (secondary N) is 1. The molecule has 0 saturated heterocycles. The third-order valence-electron chi connectivity index (χ3n) is 16.3. The van der Waals surface area contributed by atoms with Gasteiger partial charge < -0.3 is 19.2 Å². The lowest BCUT2D eigenvalue weighted by atomic mass is 9.86. The van der Waals surface area contributed by atoms with Crippen LogP contribution in [-0.2, 0) is 23.5 Å². The molecule has 0 aromatic heterocycles. The summed E-state index contributed by atoms with van der Waals surface area (Å²) in [5.41, 5.74) is 0. The van der Waals surface area contributed by atoms with Crippen LogP contribution in [0.3, 0.4) is 0 Å². The second kappa shape index (κ2) is 40.4. The number of ether oxygens (including phenoxy) is 2. The average Bonchev–Trinajstić information content (AvgIpc) is 3.41. The van der Waals surface area contributed by atoms with Crippen molar-refractivity contribution in [3.05, 3.63) is 60.7 Å². The summed E-state index contributed by atoms with van der Waals surface area (Å²) in [4.78, 5) is 26.0. The highest BCUT2D eigenvalue weighted by Gasteiger charge is 2.50. The summed E-state index contributed by atoms with van der Waals surface area (Å²) in [6, 6.07) is 22.6. The topological polar surface area (TPSA) is 73.9 Å². The van der Waals surface area contributed by atoms with Crippen LogP contribution in [0.5, 0.6) is 0 Å². The summed E-state index contributed by atoms with van der Waals surface area (Å²) in [5.74, 6) is 5.70. The van der Waals surface area contributed by atoms with Gasteiger partial charge in [0.15, 0.2) is 0 Å². The Bertz CT molecular complexity index is 1560. The van der Waals surface area contributed by atoms with Crippen molar-refractivity contribution in [1.82, 2.24) is 5.32 Å². The number of hydrogen-bond acceptors (Lipinski definition) is 8. The Morgan fingerprint density at radius 1 is 0.554 bits per heavy atom. The van der Waals surface area contributed by atoms with Gasteiger partial charge in [-0.05, 0) is 122 Å². The van der Waals surface area contributed by atoms with Crippen LogP contribution in [0.2, 0.25) is 5.04 Å². The first-order valence-corrected chi connectivity index (χ1v) is 35.4. The molecule has 1 N–H and O–H groups in total.